The topological polar surface area (TPSA) is 67.1 Å². The number of anilines is 2. The highest BCUT2D eigenvalue weighted by Gasteiger charge is 2.34. The van der Waals surface area contributed by atoms with Crippen LogP contribution in [0.4, 0.5) is 11.6 Å². The van der Waals surface area contributed by atoms with Crippen LogP contribution >= 0.6 is 0 Å². The molecule has 5 heteroatoms. The van der Waals surface area contributed by atoms with Crippen LogP contribution in [0.15, 0.2) is 6.07 Å². The summed E-state index contributed by atoms with van der Waals surface area (Å²) in [5, 5.41) is 0. The molecule has 0 radical (unpaired) electrons. The third-order valence-corrected chi connectivity index (χ3v) is 4.93. The third kappa shape index (κ3) is 2.98. The van der Waals surface area contributed by atoms with E-state index >= 15 is 0 Å². The fourth-order valence-electron chi connectivity index (χ4n) is 3.84. The summed E-state index contributed by atoms with van der Waals surface area (Å²) < 4.78 is 0. The number of aromatic nitrogens is 2. The maximum atomic E-state index is 5.58. The van der Waals surface area contributed by atoms with Crippen molar-refractivity contribution in [3.8, 4) is 0 Å². The molecule has 3 rings (SSSR count). The number of nitrogens with zero attached hydrogens (tertiary/aromatic N) is 3. The van der Waals surface area contributed by atoms with Crippen LogP contribution in [0.2, 0.25) is 0 Å². The minimum atomic E-state index is 0.310. The number of hydrogen-bond acceptors (Lipinski definition) is 5. The zero-order valence-corrected chi connectivity index (χ0v) is 13.2. The Balaban J connectivity index is 1.88. The van der Waals surface area contributed by atoms with Gasteiger partial charge in [0.1, 0.15) is 17.5 Å². The second-order valence-electron chi connectivity index (χ2n) is 6.72. The van der Waals surface area contributed by atoms with Gasteiger partial charge in [0.05, 0.1) is 0 Å². The van der Waals surface area contributed by atoms with Crippen molar-refractivity contribution >= 4 is 11.6 Å². The Hall–Kier alpha value is -1.36. The van der Waals surface area contributed by atoms with Gasteiger partial charge in [-0.15, -0.1) is 0 Å². The summed E-state index contributed by atoms with van der Waals surface area (Å²) in [7, 11) is 0. The summed E-state index contributed by atoms with van der Waals surface area (Å²) in [5.41, 5.74) is 2.69. The monoisotopic (exact) mass is 289 g/mol. The second kappa shape index (κ2) is 6.18. The van der Waals surface area contributed by atoms with Crippen LogP contribution in [-0.2, 0) is 0 Å². The van der Waals surface area contributed by atoms with E-state index in [0.29, 0.717) is 12.0 Å². The highest BCUT2D eigenvalue weighted by Crippen LogP contribution is 2.37. The lowest BCUT2D eigenvalue weighted by Crippen LogP contribution is -2.35. The van der Waals surface area contributed by atoms with Crippen LogP contribution in [0, 0.1) is 5.92 Å². The molecule has 1 aliphatic heterocycles. The van der Waals surface area contributed by atoms with Gasteiger partial charge in [0, 0.05) is 24.6 Å². The summed E-state index contributed by atoms with van der Waals surface area (Å²) in [5.74, 6) is 9.39. The van der Waals surface area contributed by atoms with E-state index in [2.05, 4.69) is 29.2 Å². The lowest BCUT2D eigenvalue weighted by atomic mass is 9.96. The molecule has 2 fully saturated rings. The molecule has 1 atom stereocenters. The first-order valence-electron chi connectivity index (χ1n) is 8.31. The Morgan fingerprint density at radius 2 is 1.95 bits per heavy atom. The van der Waals surface area contributed by atoms with E-state index in [1.54, 1.807) is 0 Å². The number of hydrogen-bond donors (Lipinski definition) is 2. The Morgan fingerprint density at radius 3 is 2.62 bits per heavy atom. The number of nitrogens with two attached hydrogens (primary N) is 1. The van der Waals surface area contributed by atoms with Crippen molar-refractivity contribution in [2.75, 3.05) is 16.9 Å². The van der Waals surface area contributed by atoms with Crippen LogP contribution in [-0.4, -0.2) is 22.6 Å². The van der Waals surface area contributed by atoms with Gasteiger partial charge in [0.25, 0.3) is 0 Å². The van der Waals surface area contributed by atoms with Gasteiger partial charge in [-0.05, 0) is 31.6 Å². The molecular weight excluding hydrogens is 262 g/mol. The molecule has 1 saturated heterocycles. The minimum Gasteiger partial charge on any atom is -0.353 e. The van der Waals surface area contributed by atoms with Crippen molar-refractivity contribution in [1.29, 1.82) is 0 Å². The van der Waals surface area contributed by atoms with Crippen LogP contribution < -0.4 is 16.2 Å². The lowest BCUT2D eigenvalue weighted by Gasteiger charge is -2.31. The molecule has 0 amide bonds. The van der Waals surface area contributed by atoms with Crippen LogP contribution in [0.3, 0.4) is 0 Å². The van der Waals surface area contributed by atoms with Crippen molar-refractivity contribution in [1.82, 2.24) is 9.97 Å². The first-order valence-corrected chi connectivity index (χ1v) is 8.31. The van der Waals surface area contributed by atoms with Gasteiger partial charge in [-0.2, -0.15) is 0 Å². The minimum absolute atomic E-state index is 0.310. The maximum absolute atomic E-state index is 5.58. The van der Waals surface area contributed by atoms with Crippen molar-refractivity contribution in [3.05, 3.63) is 11.9 Å². The van der Waals surface area contributed by atoms with Crippen molar-refractivity contribution < 1.29 is 0 Å². The third-order valence-electron chi connectivity index (χ3n) is 4.93. The number of nitrogens with one attached hydrogen (secondary N) is 1. The number of nitrogen functional groups attached to an aromatic ring is 1. The Kier molecular flexibility index (Phi) is 4.29. The van der Waals surface area contributed by atoms with Gasteiger partial charge < -0.3 is 10.3 Å². The van der Waals surface area contributed by atoms with Crippen molar-refractivity contribution in [2.45, 2.75) is 64.3 Å². The molecule has 2 aliphatic rings. The quantitative estimate of drug-likeness (QED) is 0.658. The Bertz CT molecular complexity index is 482. The molecule has 0 aromatic carbocycles. The summed E-state index contributed by atoms with van der Waals surface area (Å²) in [4.78, 5) is 11.8. The number of rotatable bonds is 4. The van der Waals surface area contributed by atoms with E-state index in [1.807, 2.05) is 6.07 Å². The molecule has 3 N–H and O–H groups in total. The van der Waals surface area contributed by atoms with Crippen molar-refractivity contribution in [3.63, 3.8) is 0 Å². The number of hydrazine groups is 1. The molecule has 116 valence electrons. The molecule has 1 aromatic rings. The average molecular weight is 289 g/mol. The molecule has 0 spiro atoms. The fraction of sp³-hybridized carbons (Fsp3) is 0.750. The normalized spacial score (nSPS) is 23.2. The van der Waals surface area contributed by atoms with Crippen LogP contribution in [0.5, 0.6) is 0 Å². The highest BCUT2D eigenvalue weighted by atomic mass is 15.3. The predicted molar refractivity (Wildman–Crippen MR) is 86.3 cm³/mol. The fourth-order valence-corrected chi connectivity index (χ4v) is 3.84. The van der Waals surface area contributed by atoms with Gasteiger partial charge in [-0.3, -0.25) is 0 Å². The molecule has 5 nitrogen and oxygen atoms in total. The summed E-state index contributed by atoms with van der Waals surface area (Å²) in [6.45, 7) is 5.36. The van der Waals surface area contributed by atoms with E-state index in [9.17, 15) is 0 Å². The summed E-state index contributed by atoms with van der Waals surface area (Å²) in [6, 6.07) is 2.66. The van der Waals surface area contributed by atoms with Gasteiger partial charge in [0.2, 0.25) is 0 Å². The first-order chi connectivity index (χ1) is 10.2. The smallest absolute Gasteiger partial charge is 0.145 e. The second-order valence-corrected chi connectivity index (χ2v) is 6.72. The Labute approximate surface area is 127 Å². The van der Waals surface area contributed by atoms with Gasteiger partial charge in [-0.1, -0.05) is 26.7 Å². The van der Waals surface area contributed by atoms with E-state index in [-0.39, 0.29) is 0 Å². The molecule has 1 aromatic heterocycles. The van der Waals surface area contributed by atoms with E-state index < -0.39 is 0 Å². The van der Waals surface area contributed by atoms with E-state index in [4.69, 9.17) is 10.8 Å². The molecule has 1 saturated carbocycles. The zero-order chi connectivity index (χ0) is 14.8. The molecule has 2 heterocycles. The first kappa shape index (κ1) is 14.6. The molecule has 1 unspecified atom stereocenters. The highest BCUT2D eigenvalue weighted by molar-refractivity contribution is 5.50. The van der Waals surface area contributed by atoms with E-state index in [0.717, 1.165) is 29.9 Å². The zero-order valence-electron chi connectivity index (χ0n) is 13.2. The summed E-state index contributed by atoms with van der Waals surface area (Å²) >= 11 is 0. The predicted octanol–water partition coefficient (Wildman–Crippen LogP) is 3.04. The molecular formula is C16H27N5. The lowest BCUT2D eigenvalue weighted by molar-refractivity contribution is 0.429. The standard InChI is InChI=1S/C16H27N5/c1-11(2)16-18-14(20-17)10-15(19-16)21-9-5-8-13(21)12-6-3-4-7-12/h10-13H,3-9,17H2,1-2H3,(H,18,19,20). The largest absolute Gasteiger partial charge is 0.353 e. The molecule has 1 aliphatic carbocycles. The maximum Gasteiger partial charge on any atom is 0.145 e. The van der Waals surface area contributed by atoms with Crippen LogP contribution in [0.1, 0.15) is 64.1 Å². The van der Waals surface area contributed by atoms with Crippen molar-refractivity contribution in [2.24, 2.45) is 11.8 Å². The molecule has 0 bridgehead atoms. The van der Waals surface area contributed by atoms with Gasteiger partial charge in [-0.25, -0.2) is 15.8 Å². The average Bonchev–Trinajstić information content (AvgIpc) is 3.16. The summed E-state index contributed by atoms with van der Waals surface area (Å²) in [6.07, 6.45) is 8.12. The van der Waals surface area contributed by atoms with Gasteiger partial charge >= 0.3 is 0 Å². The molecule has 21 heavy (non-hydrogen) atoms. The SMILES string of the molecule is CC(C)c1nc(NN)cc(N2CCCC2C2CCCC2)n1. The van der Waals surface area contributed by atoms with Gasteiger partial charge in [0.15, 0.2) is 0 Å². The van der Waals surface area contributed by atoms with E-state index in [1.165, 1.54) is 38.5 Å². The Morgan fingerprint density at radius 1 is 1.19 bits per heavy atom. The van der Waals surface area contributed by atoms with Crippen LogP contribution in [0.25, 0.3) is 0 Å².